The molecular weight excluding hydrogens is 348 g/mol. The van der Waals surface area contributed by atoms with E-state index in [-0.39, 0.29) is 0 Å². The van der Waals surface area contributed by atoms with Gasteiger partial charge in [0.2, 0.25) is 0 Å². The van der Waals surface area contributed by atoms with Crippen LogP contribution in [0.4, 0.5) is 5.69 Å². The molecule has 3 aromatic rings. The lowest BCUT2D eigenvalue weighted by atomic mass is 9.91. The Hall–Kier alpha value is -2.72. The molecule has 132 valence electrons. The van der Waals surface area contributed by atoms with Crippen LogP contribution < -0.4 is 14.4 Å². The molecule has 0 aliphatic carbocycles. The van der Waals surface area contributed by atoms with Gasteiger partial charge in [-0.25, -0.2) is 0 Å². The van der Waals surface area contributed by atoms with Crippen LogP contribution in [0.3, 0.4) is 0 Å². The molecule has 1 aliphatic heterocycles. The molecule has 1 N–H and O–H groups in total. The number of hydrogen-bond acceptors (Lipinski definition) is 3. The summed E-state index contributed by atoms with van der Waals surface area (Å²) in [6.07, 6.45) is 0.463. The summed E-state index contributed by atoms with van der Waals surface area (Å²) in [4.78, 5) is 1.93. The SMILES string of the molecule is COc1c2c(c(OC)c3ccccc13)CN(c1ccccc1Cl)C(=N)C2. The minimum atomic E-state index is 0.463. The lowest BCUT2D eigenvalue weighted by Crippen LogP contribution is -2.36. The van der Waals surface area contributed by atoms with Gasteiger partial charge < -0.3 is 14.4 Å². The highest BCUT2D eigenvalue weighted by Gasteiger charge is 2.30. The van der Waals surface area contributed by atoms with Crippen molar-refractivity contribution in [2.75, 3.05) is 19.1 Å². The molecule has 3 aromatic carbocycles. The lowest BCUT2D eigenvalue weighted by molar-refractivity contribution is 0.402. The second kappa shape index (κ2) is 6.54. The van der Waals surface area contributed by atoms with Gasteiger partial charge in [-0.1, -0.05) is 48.0 Å². The minimum Gasteiger partial charge on any atom is -0.496 e. The van der Waals surface area contributed by atoms with Gasteiger partial charge in [-0.15, -0.1) is 0 Å². The Morgan fingerprint density at radius 2 is 1.46 bits per heavy atom. The molecule has 4 rings (SSSR count). The van der Waals surface area contributed by atoms with Crippen molar-refractivity contribution in [2.24, 2.45) is 0 Å². The van der Waals surface area contributed by atoms with E-state index in [0.29, 0.717) is 23.8 Å². The third-order valence-electron chi connectivity index (χ3n) is 4.87. The highest BCUT2D eigenvalue weighted by molar-refractivity contribution is 6.33. The van der Waals surface area contributed by atoms with Gasteiger partial charge in [-0.2, -0.15) is 0 Å². The molecule has 0 unspecified atom stereocenters. The first-order chi connectivity index (χ1) is 12.7. The van der Waals surface area contributed by atoms with Crippen LogP contribution >= 0.6 is 11.6 Å². The molecule has 1 heterocycles. The van der Waals surface area contributed by atoms with Crippen LogP contribution in [0.2, 0.25) is 5.02 Å². The van der Waals surface area contributed by atoms with Gasteiger partial charge in [0, 0.05) is 28.3 Å². The number of hydrogen-bond donors (Lipinski definition) is 1. The van der Waals surface area contributed by atoms with E-state index in [0.717, 1.165) is 39.1 Å². The van der Waals surface area contributed by atoms with Crippen molar-refractivity contribution in [3.63, 3.8) is 0 Å². The Labute approximate surface area is 157 Å². The largest absolute Gasteiger partial charge is 0.496 e. The molecule has 0 atom stereocenters. The molecule has 0 amide bonds. The quantitative estimate of drug-likeness (QED) is 0.705. The lowest BCUT2D eigenvalue weighted by Gasteiger charge is -2.34. The van der Waals surface area contributed by atoms with Crippen LogP contribution in [0.1, 0.15) is 11.1 Å². The van der Waals surface area contributed by atoms with Crippen LogP contribution in [0.15, 0.2) is 48.5 Å². The van der Waals surface area contributed by atoms with Crippen LogP contribution in [-0.4, -0.2) is 20.1 Å². The van der Waals surface area contributed by atoms with E-state index in [2.05, 4.69) is 0 Å². The van der Waals surface area contributed by atoms with Crippen LogP contribution in [-0.2, 0) is 13.0 Å². The normalized spacial score (nSPS) is 13.7. The van der Waals surface area contributed by atoms with Crippen molar-refractivity contribution < 1.29 is 9.47 Å². The zero-order chi connectivity index (χ0) is 18.3. The summed E-state index contributed by atoms with van der Waals surface area (Å²) in [5.41, 5.74) is 2.88. The number of anilines is 1. The average molecular weight is 367 g/mol. The molecule has 0 fully saturated rings. The first-order valence-electron chi connectivity index (χ1n) is 8.39. The molecule has 0 spiro atoms. The van der Waals surface area contributed by atoms with Crippen molar-refractivity contribution in [2.45, 2.75) is 13.0 Å². The maximum Gasteiger partial charge on any atom is 0.132 e. The minimum absolute atomic E-state index is 0.463. The summed E-state index contributed by atoms with van der Waals surface area (Å²) < 4.78 is 11.5. The molecule has 0 radical (unpaired) electrons. The van der Waals surface area contributed by atoms with Crippen molar-refractivity contribution in [1.82, 2.24) is 0 Å². The number of nitrogens with one attached hydrogen (secondary N) is 1. The van der Waals surface area contributed by atoms with Crippen LogP contribution in [0.25, 0.3) is 10.8 Å². The monoisotopic (exact) mass is 366 g/mol. The third kappa shape index (κ3) is 2.49. The van der Waals surface area contributed by atoms with Gasteiger partial charge >= 0.3 is 0 Å². The fraction of sp³-hybridized carbons (Fsp3) is 0.190. The summed E-state index contributed by atoms with van der Waals surface area (Å²) in [7, 11) is 3.37. The fourth-order valence-corrected chi connectivity index (χ4v) is 3.95. The van der Waals surface area contributed by atoms with E-state index in [1.165, 1.54) is 0 Å². The Kier molecular flexibility index (Phi) is 4.21. The van der Waals surface area contributed by atoms with Gasteiger partial charge in [0.05, 0.1) is 31.5 Å². The molecule has 26 heavy (non-hydrogen) atoms. The number of ether oxygens (including phenoxy) is 2. The second-order valence-corrected chi connectivity index (χ2v) is 6.64. The molecular formula is C21H19ClN2O2. The Balaban J connectivity index is 1.95. The van der Waals surface area contributed by atoms with Gasteiger partial charge in [-0.05, 0) is 12.1 Å². The van der Waals surface area contributed by atoms with E-state index in [4.69, 9.17) is 26.5 Å². The zero-order valence-electron chi connectivity index (χ0n) is 14.7. The first-order valence-corrected chi connectivity index (χ1v) is 8.77. The van der Waals surface area contributed by atoms with Crippen LogP contribution in [0.5, 0.6) is 11.5 Å². The number of fused-ring (bicyclic) bond motifs is 2. The number of para-hydroxylation sites is 1. The number of methoxy groups -OCH3 is 2. The van der Waals surface area contributed by atoms with Crippen molar-refractivity contribution in [3.05, 3.63) is 64.7 Å². The number of rotatable bonds is 3. The van der Waals surface area contributed by atoms with E-state index < -0.39 is 0 Å². The summed E-state index contributed by atoms with van der Waals surface area (Å²) in [5.74, 6) is 2.14. The predicted octanol–water partition coefficient (Wildman–Crippen LogP) is 5.05. The number of nitrogens with zero attached hydrogens (tertiary/aromatic N) is 1. The maximum atomic E-state index is 8.59. The summed E-state index contributed by atoms with van der Waals surface area (Å²) in [6, 6.07) is 15.7. The summed E-state index contributed by atoms with van der Waals surface area (Å²) >= 11 is 6.38. The maximum absolute atomic E-state index is 8.59. The van der Waals surface area contributed by atoms with Crippen molar-refractivity contribution in [1.29, 1.82) is 5.41 Å². The average Bonchev–Trinajstić information content (AvgIpc) is 2.66. The van der Waals surface area contributed by atoms with E-state index in [1.54, 1.807) is 14.2 Å². The number of benzene rings is 3. The molecule has 0 bridgehead atoms. The smallest absolute Gasteiger partial charge is 0.132 e. The molecule has 1 aliphatic rings. The molecule has 4 nitrogen and oxygen atoms in total. The Morgan fingerprint density at radius 1 is 0.885 bits per heavy atom. The van der Waals surface area contributed by atoms with Crippen LogP contribution in [0, 0.1) is 5.41 Å². The molecule has 0 saturated heterocycles. The zero-order valence-corrected chi connectivity index (χ0v) is 15.4. The summed E-state index contributed by atoms with van der Waals surface area (Å²) in [6.45, 7) is 0.516. The Morgan fingerprint density at radius 3 is 2.08 bits per heavy atom. The van der Waals surface area contributed by atoms with Crippen molar-refractivity contribution in [3.8, 4) is 11.5 Å². The topological polar surface area (TPSA) is 45.6 Å². The fourth-order valence-electron chi connectivity index (χ4n) is 3.72. The number of halogens is 1. The van der Waals surface area contributed by atoms with Gasteiger partial charge in [0.25, 0.3) is 0 Å². The third-order valence-corrected chi connectivity index (χ3v) is 5.19. The highest BCUT2D eigenvalue weighted by Crippen LogP contribution is 2.44. The Bertz CT molecular complexity index is 1020. The van der Waals surface area contributed by atoms with Gasteiger partial charge in [0.1, 0.15) is 17.3 Å². The van der Waals surface area contributed by atoms with Gasteiger partial charge in [0.15, 0.2) is 0 Å². The van der Waals surface area contributed by atoms with E-state index in [9.17, 15) is 0 Å². The van der Waals surface area contributed by atoms with Gasteiger partial charge in [-0.3, -0.25) is 5.41 Å². The summed E-state index contributed by atoms with van der Waals surface area (Å²) in [5, 5.41) is 11.2. The predicted molar refractivity (Wildman–Crippen MR) is 106 cm³/mol. The van der Waals surface area contributed by atoms with Crippen molar-refractivity contribution >= 4 is 33.9 Å². The molecule has 5 heteroatoms. The first kappa shape index (κ1) is 16.7. The molecule has 0 aromatic heterocycles. The van der Waals surface area contributed by atoms with E-state index >= 15 is 0 Å². The molecule has 0 saturated carbocycles. The standard InChI is InChI=1S/C21H19ClN2O2/c1-25-20-13-7-3-4-8-14(13)21(26-2)16-12-24(19(23)11-15(16)20)18-10-6-5-9-17(18)22/h3-10,23H,11-12H2,1-2H3. The second-order valence-electron chi connectivity index (χ2n) is 6.23. The highest BCUT2D eigenvalue weighted by atomic mass is 35.5. The number of amidine groups is 1. The van der Waals surface area contributed by atoms with E-state index in [1.807, 2.05) is 53.4 Å².